The predicted molar refractivity (Wildman–Crippen MR) is 76.3 cm³/mol. The average molecular weight is 277 g/mol. The summed E-state index contributed by atoms with van der Waals surface area (Å²) in [6, 6.07) is 2.34. The van der Waals surface area contributed by atoms with Gasteiger partial charge in [-0.05, 0) is 31.9 Å². The van der Waals surface area contributed by atoms with Gasteiger partial charge in [-0.1, -0.05) is 13.3 Å². The minimum atomic E-state index is -0.703. The molecule has 0 spiro atoms. The van der Waals surface area contributed by atoms with Crippen molar-refractivity contribution in [1.29, 1.82) is 0 Å². The highest BCUT2D eigenvalue weighted by Gasteiger charge is 2.23. The first-order chi connectivity index (χ1) is 9.69. The largest absolute Gasteiger partial charge is 0.481 e. The molecule has 2 heterocycles. The SMILES string of the molecule is CCc1nccc(CN2CCCCC2CCC(=O)O)n1. The van der Waals surface area contributed by atoms with Crippen molar-refractivity contribution in [1.82, 2.24) is 14.9 Å². The van der Waals surface area contributed by atoms with E-state index in [1.165, 1.54) is 12.8 Å². The lowest BCUT2D eigenvalue weighted by Gasteiger charge is -2.35. The molecule has 0 radical (unpaired) electrons. The number of nitrogens with zero attached hydrogens (tertiary/aromatic N) is 3. The Bertz CT molecular complexity index is 450. The number of likely N-dealkylation sites (tertiary alicyclic amines) is 1. The molecule has 0 amide bonds. The first-order valence-electron chi connectivity index (χ1n) is 7.45. The van der Waals surface area contributed by atoms with E-state index in [9.17, 15) is 4.79 Å². The van der Waals surface area contributed by atoms with Crippen LogP contribution >= 0.6 is 0 Å². The predicted octanol–water partition coefficient (Wildman–Crippen LogP) is 2.26. The van der Waals surface area contributed by atoms with E-state index in [1.54, 1.807) is 0 Å². The van der Waals surface area contributed by atoms with E-state index in [0.717, 1.165) is 43.9 Å². The van der Waals surface area contributed by atoms with E-state index in [0.29, 0.717) is 6.04 Å². The smallest absolute Gasteiger partial charge is 0.303 e. The first kappa shape index (κ1) is 14.9. The van der Waals surface area contributed by atoms with Crippen LogP contribution in [0.25, 0.3) is 0 Å². The number of aryl methyl sites for hydroxylation is 1. The van der Waals surface area contributed by atoms with Gasteiger partial charge in [0, 0.05) is 31.6 Å². The molecular formula is C15H23N3O2. The molecule has 1 unspecified atom stereocenters. The fourth-order valence-electron chi connectivity index (χ4n) is 2.79. The van der Waals surface area contributed by atoms with Crippen LogP contribution in [0.4, 0.5) is 0 Å². The van der Waals surface area contributed by atoms with E-state index in [1.807, 2.05) is 12.3 Å². The summed E-state index contributed by atoms with van der Waals surface area (Å²) in [5, 5.41) is 8.85. The van der Waals surface area contributed by atoms with E-state index < -0.39 is 5.97 Å². The Morgan fingerprint density at radius 1 is 1.50 bits per heavy atom. The van der Waals surface area contributed by atoms with Crippen molar-refractivity contribution in [2.75, 3.05) is 6.54 Å². The zero-order valence-electron chi connectivity index (χ0n) is 12.1. The van der Waals surface area contributed by atoms with Gasteiger partial charge in [0.25, 0.3) is 0 Å². The summed E-state index contributed by atoms with van der Waals surface area (Å²) in [6.45, 7) is 3.89. The molecule has 0 aromatic carbocycles. The molecule has 1 saturated heterocycles. The standard InChI is InChI=1S/C15H23N3O2/c1-2-14-16-9-8-12(17-14)11-18-10-4-3-5-13(18)6-7-15(19)20/h8-9,13H,2-7,10-11H2,1H3,(H,19,20). The fourth-order valence-corrected chi connectivity index (χ4v) is 2.79. The molecule has 1 aliphatic rings. The van der Waals surface area contributed by atoms with Crippen molar-refractivity contribution in [3.8, 4) is 0 Å². The van der Waals surface area contributed by atoms with Crippen LogP contribution in [-0.4, -0.2) is 38.5 Å². The molecule has 5 nitrogen and oxygen atoms in total. The molecule has 1 atom stereocenters. The quantitative estimate of drug-likeness (QED) is 0.864. The van der Waals surface area contributed by atoms with Gasteiger partial charge in [0.15, 0.2) is 0 Å². The van der Waals surface area contributed by atoms with Crippen LogP contribution in [0.1, 0.15) is 50.5 Å². The molecule has 0 bridgehead atoms. The van der Waals surface area contributed by atoms with E-state index in [-0.39, 0.29) is 6.42 Å². The molecule has 1 N–H and O–H groups in total. The normalized spacial score (nSPS) is 19.9. The summed E-state index contributed by atoms with van der Waals surface area (Å²) in [7, 11) is 0. The maximum absolute atomic E-state index is 10.8. The first-order valence-corrected chi connectivity index (χ1v) is 7.45. The highest BCUT2D eigenvalue weighted by molar-refractivity contribution is 5.66. The Morgan fingerprint density at radius 2 is 2.35 bits per heavy atom. The third-order valence-corrected chi connectivity index (χ3v) is 3.88. The van der Waals surface area contributed by atoms with Gasteiger partial charge in [-0.25, -0.2) is 9.97 Å². The van der Waals surface area contributed by atoms with Gasteiger partial charge >= 0.3 is 5.97 Å². The summed E-state index contributed by atoms with van der Waals surface area (Å²) in [4.78, 5) is 21.9. The van der Waals surface area contributed by atoms with Crippen molar-refractivity contribution in [3.63, 3.8) is 0 Å². The van der Waals surface area contributed by atoms with Gasteiger partial charge < -0.3 is 5.11 Å². The lowest BCUT2D eigenvalue weighted by Crippen LogP contribution is -2.39. The highest BCUT2D eigenvalue weighted by Crippen LogP contribution is 2.22. The molecule has 1 fully saturated rings. The number of carboxylic acid groups (broad SMARTS) is 1. The Balaban J connectivity index is 1.98. The summed E-state index contributed by atoms with van der Waals surface area (Å²) in [5.74, 6) is 0.174. The van der Waals surface area contributed by atoms with Crippen molar-refractivity contribution in [2.24, 2.45) is 0 Å². The summed E-state index contributed by atoms with van der Waals surface area (Å²) in [5.41, 5.74) is 1.04. The Morgan fingerprint density at radius 3 is 3.10 bits per heavy atom. The van der Waals surface area contributed by atoms with Crippen molar-refractivity contribution < 1.29 is 9.90 Å². The molecule has 0 saturated carbocycles. The minimum absolute atomic E-state index is 0.255. The number of carboxylic acids is 1. The van der Waals surface area contributed by atoms with Crippen LogP contribution < -0.4 is 0 Å². The number of hydrogen-bond donors (Lipinski definition) is 1. The van der Waals surface area contributed by atoms with Gasteiger partial charge in [0.1, 0.15) is 5.82 Å². The molecule has 1 aromatic heterocycles. The Labute approximate surface area is 120 Å². The fraction of sp³-hybridized carbons (Fsp3) is 0.667. The molecule has 110 valence electrons. The van der Waals surface area contributed by atoms with E-state index >= 15 is 0 Å². The zero-order chi connectivity index (χ0) is 14.4. The van der Waals surface area contributed by atoms with Gasteiger partial charge in [-0.2, -0.15) is 0 Å². The number of carbonyl (C=O) groups is 1. The molecule has 2 rings (SSSR count). The molecule has 20 heavy (non-hydrogen) atoms. The Kier molecular flexibility index (Phi) is 5.47. The third-order valence-electron chi connectivity index (χ3n) is 3.88. The second-order valence-electron chi connectivity index (χ2n) is 5.37. The number of hydrogen-bond acceptors (Lipinski definition) is 4. The maximum atomic E-state index is 10.8. The Hall–Kier alpha value is -1.49. The van der Waals surface area contributed by atoms with Crippen LogP contribution in [0, 0.1) is 0 Å². The van der Waals surface area contributed by atoms with E-state index in [2.05, 4.69) is 21.8 Å². The molecule has 5 heteroatoms. The van der Waals surface area contributed by atoms with Crippen LogP contribution in [0.5, 0.6) is 0 Å². The molecule has 1 aromatic rings. The van der Waals surface area contributed by atoms with Crippen molar-refractivity contribution >= 4 is 5.97 Å². The monoisotopic (exact) mass is 277 g/mol. The average Bonchev–Trinajstić information content (AvgIpc) is 2.46. The molecule has 1 aliphatic heterocycles. The molecule has 0 aliphatic carbocycles. The van der Waals surface area contributed by atoms with E-state index in [4.69, 9.17) is 5.11 Å². The van der Waals surface area contributed by atoms with Crippen LogP contribution in [0.15, 0.2) is 12.3 Å². The van der Waals surface area contributed by atoms with Gasteiger partial charge in [0.2, 0.25) is 0 Å². The summed E-state index contributed by atoms with van der Waals surface area (Å²) in [6.07, 6.45) is 7.14. The van der Waals surface area contributed by atoms with Gasteiger partial charge in [-0.15, -0.1) is 0 Å². The van der Waals surface area contributed by atoms with Crippen LogP contribution in [0.3, 0.4) is 0 Å². The number of aliphatic carboxylic acids is 1. The zero-order valence-corrected chi connectivity index (χ0v) is 12.1. The third kappa shape index (κ3) is 4.27. The maximum Gasteiger partial charge on any atom is 0.303 e. The van der Waals surface area contributed by atoms with Crippen LogP contribution in [0.2, 0.25) is 0 Å². The summed E-state index contributed by atoms with van der Waals surface area (Å²) >= 11 is 0. The van der Waals surface area contributed by atoms with Gasteiger partial charge in [0.05, 0.1) is 5.69 Å². The number of rotatable bonds is 6. The number of piperidine rings is 1. The second-order valence-corrected chi connectivity index (χ2v) is 5.37. The van der Waals surface area contributed by atoms with Gasteiger partial charge in [-0.3, -0.25) is 9.69 Å². The molecular weight excluding hydrogens is 254 g/mol. The van der Waals surface area contributed by atoms with Crippen molar-refractivity contribution in [3.05, 3.63) is 23.8 Å². The lowest BCUT2D eigenvalue weighted by atomic mass is 9.97. The minimum Gasteiger partial charge on any atom is -0.481 e. The van der Waals surface area contributed by atoms with Crippen LogP contribution in [-0.2, 0) is 17.8 Å². The topological polar surface area (TPSA) is 66.3 Å². The highest BCUT2D eigenvalue weighted by atomic mass is 16.4. The lowest BCUT2D eigenvalue weighted by molar-refractivity contribution is -0.137. The second kappa shape index (κ2) is 7.33. The van der Waals surface area contributed by atoms with Crippen molar-refractivity contribution in [2.45, 2.75) is 58.0 Å². The summed E-state index contributed by atoms with van der Waals surface area (Å²) < 4.78 is 0. The number of aromatic nitrogens is 2.